The van der Waals surface area contributed by atoms with Crippen LogP contribution in [0.15, 0.2) is 72.8 Å². The van der Waals surface area contributed by atoms with Gasteiger partial charge in [0.2, 0.25) is 0 Å². The minimum Gasteiger partial charge on any atom is -0.367 e. The van der Waals surface area contributed by atoms with E-state index in [1.54, 1.807) is 12.1 Å². The van der Waals surface area contributed by atoms with E-state index in [-0.39, 0.29) is 6.10 Å². The molecular weight excluding hydrogens is 381 g/mol. The van der Waals surface area contributed by atoms with Gasteiger partial charge in [-0.2, -0.15) is 0 Å². The number of nitrogens with zero attached hydrogens (tertiary/aromatic N) is 3. The van der Waals surface area contributed by atoms with Gasteiger partial charge < -0.3 is 4.74 Å². The lowest BCUT2D eigenvalue weighted by Crippen LogP contribution is -2.14. The lowest BCUT2D eigenvalue weighted by atomic mass is 10.1. The Hall–Kier alpha value is -2.40. The largest absolute Gasteiger partial charge is 0.367 e. The number of rotatable bonds is 6. The summed E-state index contributed by atoms with van der Waals surface area (Å²) < 4.78 is 8.11. The Morgan fingerprint density at radius 2 is 1.70 bits per heavy atom. The van der Waals surface area contributed by atoms with Crippen molar-refractivity contribution in [3.05, 3.63) is 94.0 Å². The van der Waals surface area contributed by atoms with E-state index in [0.29, 0.717) is 23.2 Å². The fourth-order valence-corrected chi connectivity index (χ4v) is 3.34. The Balaban J connectivity index is 1.60. The van der Waals surface area contributed by atoms with E-state index in [9.17, 15) is 0 Å². The molecule has 0 saturated heterocycles. The Morgan fingerprint density at radius 3 is 2.56 bits per heavy atom. The normalized spacial score (nSPS) is 12.4. The molecule has 4 rings (SSSR count). The van der Waals surface area contributed by atoms with Crippen LogP contribution < -0.4 is 0 Å². The first kappa shape index (κ1) is 18.0. The molecule has 4 nitrogen and oxygen atoms in total. The van der Waals surface area contributed by atoms with Crippen LogP contribution in [0.25, 0.3) is 11.0 Å². The lowest BCUT2D eigenvalue weighted by Gasteiger charge is -2.19. The molecule has 0 saturated carbocycles. The molecule has 1 aromatic heterocycles. The third kappa shape index (κ3) is 4.14. The van der Waals surface area contributed by atoms with Crippen molar-refractivity contribution in [2.45, 2.75) is 19.3 Å². The quantitative estimate of drug-likeness (QED) is 0.419. The van der Waals surface area contributed by atoms with Crippen molar-refractivity contribution in [2.24, 2.45) is 0 Å². The van der Waals surface area contributed by atoms with E-state index in [1.807, 2.05) is 65.3 Å². The predicted octanol–water partition coefficient (Wildman–Crippen LogP) is 5.70. The molecule has 0 bridgehead atoms. The molecule has 0 fully saturated rings. The van der Waals surface area contributed by atoms with Gasteiger partial charge in [0, 0.05) is 10.0 Å². The maximum Gasteiger partial charge on any atom is 0.113 e. The van der Waals surface area contributed by atoms with Crippen LogP contribution in [0, 0.1) is 0 Å². The summed E-state index contributed by atoms with van der Waals surface area (Å²) in [5, 5.41) is 9.79. The molecule has 0 N–H and O–H groups in total. The summed E-state index contributed by atoms with van der Waals surface area (Å²) in [7, 11) is 0. The molecule has 1 heterocycles. The third-order valence-corrected chi connectivity index (χ3v) is 4.98. The van der Waals surface area contributed by atoms with Crippen LogP contribution in [-0.2, 0) is 17.9 Å². The average molecular weight is 398 g/mol. The van der Waals surface area contributed by atoms with Crippen molar-refractivity contribution in [3.8, 4) is 0 Å². The van der Waals surface area contributed by atoms with Crippen molar-refractivity contribution in [1.29, 1.82) is 0 Å². The van der Waals surface area contributed by atoms with E-state index < -0.39 is 0 Å². The van der Waals surface area contributed by atoms with Crippen molar-refractivity contribution in [1.82, 2.24) is 15.0 Å². The number of fused-ring (bicyclic) bond motifs is 1. The zero-order valence-corrected chi connectivity index (χ0v) is 15.9. The number of halogens is 2. The van der Waals surface area contributed by atoms with Gasteiger partial charge in [-0.15, -0.1) is 5.10 Å². The second kappa shape index (κ2) is 8.09. The van der Waals surface area contributed by atoms with Crippen molar-refractivity contribution in [2.75, 3.05) is 0 Å². The lowest BCUT2D eigenvalue weighted by molar-refractivity contribution is 0.0262. The first-order valence-corrected chi connectivity index (χ1v) is 9.35. The van der Waals surface area contributed by atoms with Crippen molar-refractivity contribution in [3.63, 3.8) is 0 Å². The summed E-state index contributed by atoms with van der Waals surface area (Å²) in [6.07, 6.45) is -0.202. The SMILES string of the molecule is Clc1ccc(Cl)c(CO[C@@H](Cn2nnc3ccccc32)c2ccccc2)c1. The molecule has 0 spiro atoms. The van der Waals surface area contributed by atoms with Crippen molar-refractivity contribution >= 4 is 34.2 Å². The van der Waals surface area contributed by atoms with E-state index in [4.69, 9.17) is 27.9 Å². The van der Waals surface area contributed by atoms with Gasteiger partial charge in [-0.1, -0.05) is 70.9 Å². The van der Waals surface area contributed by atoms with Gasteiger partial charge >= 0.3 is 0 Å². The zero-order chi connectivity index (χ0) is 18.6. The number of ether oxygens (including phenoxy) is 1. The van der Waals surface area contributed by atoms with Crippen LogP contribution in [0.3, 0.4) is 0 Å². The zero-order valence-electron chi connectivity index (χ0n) is 14.4. The smallest absolute Gasteiger partial charge is 0.113 e. The highest BCUT2D eigenvalue weighted by atomic mass is 35.5. The van der Waals surface area contributed by atoms with Crippen LogP contribution in [0.4, 0.5) is 0 Å². The van der Waals surface area contributed by atoms with Gasteiger partial charge in [-0.3, -0.25) is 0 Å². The number of benzene rings is 3. The Bertz CT molecular complexity index is 1050. The van der Waals surface area contributed by atoms with Crippen LogP contribution in [-0.4, -0.2) is 15.0 Å². The highest BCUT2D eigenvalue weighted by Crippen LogP contribution is 2.26. The molecule has 27 heavy (non-hydrogen) atoms. The van der Waals surface area contributed by atoms with Gasteiger partial charge in [-0.05, 0) is 41.5 Å². The summed E-state index contributed by atoms with van der Waals surface area (Å²) >= 11 is 12.4. The van der Waals surface area contributed by atoms with E-state index in [2.05, 4.69) is 10.3 Å². The molecule has 136 valence electrons. The first-order valence-electron chi connectivity index (χ1n) is 8.59. The van der Waals surface area contributed by atoms with Crippen LogP contribution in [0.1, 0.15) is 17.2 Å². The summed E-state index contributed by atoms with van der Waals surface area (Å²) in [6.45, 7) is 0.897. The minimum atomic E-state index is -0.202. The summed E-state index contributed by atoms with van der Waals surface area (Å²) in [4.78, 5) is 0. The predicted molar refractivity (Wildman–Crippen MR) is 108 cm³/mol. The fourth-order valence-electron chi connectivity index (χ4n) is 2.98. The van der Waals surface area contributed by atoms with E-state index >= 15 is 0 Å². The highest BCUT2D eigenvalue weighted by Gasteiger charge is 2.16. The summed E-state index contributed by atoms with van der Waals surface area (Å²) in [6, 6.07) is 23.3. The molecule has 0 unspecified atom stereocenters. The summed E-state index contributed by atoms with van der Waals surface area (Å²) in [5.41, 5.74) is 3.76. The third-order valence-electron chi connectivity index (χ3n) is 4.38. The maximum absolute atomic E-state index is 6.28. The number of hydrogen-bond acceptors (Lipinski definition) is 3. The highest BCUT2D eigenvalue weighted by molar-refractivity contribution is 6.33. The Kier molecular flexibility index (Phi) is 5.39. The molecule has 3 aromatic carbocycles. The Morgan fingerprint density at radius 1 is 0.926 bits per heavy atom. The number of aromatic nitrogens is 3. The first-order chi connectivity index (χ1) is 13.2. The van der Waals surface area contributed by atoms with Gasteiger partial charge in [0.1, 0.15) is 11.6 Å². The van der Waals surface area contributed by atoms with Crippen molar-refractivity contribution < 1.29 is 4.74 Å². The molecule has 6 heteroatoms. The minimum absolute atomic E-state index is 0.202. The molecule has 0 radical (unpaired) electrons. The number of para-hydroxylation sites is 1. The van der Waals surface area contributed by atoms with E-state index in [1.165, 1.54) is 0 Å². The molecule has 0 amide bonds. The second-order valence-electron chi connectivity index (χ2n) is 6.21. The number of hydrogen-bond donors (Lipinski definition) is 0. The van der Waals surface area contributed by atoms with Gasteiger partial charge in [-0.25, -0.2) is 4.68 Å². The van der Waals surface area contributed by atoms with Crippen LogP contribution in [0.5, 0.6) is 0 Å². The topological polar surface area (TPSA) is 39.9 Å². The van der Waals surface area contributed by atoms with E-state index in [0.717, 1.165) is 22.2 Å². The molecular formula is C21H17Cl2N3O. The van der Waals surface area contributed by atoms with Crippen LogP contribution in [0.2, 0.25) is 10.0 Å². The molecule has 1 atom stereocenters. The molecule has 0 aliphatic carbocycles. The summed E-state index contributed by atoms with van der Waals surface area (Å²) in [5.74, 6) is 0. The maximum atomic E-state index is 6.28. The average Bonchev–Trinajstić information content (AvgIpc) is 3.11. The fraction of sp³-hybridized carbons (Fsp3) is 0.143. The van der Waals surface area contributed by atoms with Crippen LogP contribution >= 0.6 is 23.2 Å². The van der Waals surface area contributed by atoms with Gasteiger partial charge in [0.25, 0.3) is 0 Å². The molecule has 0 aliphatic heterocycles. The monoisotopic (exact) mass is 397 g/mol. The van der Waals surface area contributed by atoms with Gasteiger partial charge in [0.15, 0.2) is 0 Å². The molecule has 0 aliphatic rings. The Labute approximate surface area is 167 Å². The van der Waals surface area contributed by atoms with Gasteiger partial charge in [0.05, 0.1) is 18.7 Å². The second-order valence-corrected chi connectivity index (χ2v) is 7.05. The molecule has 4 aromatic rings. The standard InChI is InChI=1S/C21H17Cl2N3O/c22-17-10-11-18(23)16(12-17)14-27-21(15-6-2-1-3-7-15)13-26-20-9-5-4-8-19(20)24-25-26/h1-12,21H,13-14H2/t21-/m0/s1.